The van der Waals surface area contributed by atoms with Crippen molar-refractivity contribution in [2.24, 2.45) is 0 Å². The van der Waals surface area contributed by atoms with Gasteiger partial charge in [0.25, 0.3) is 0 Å². The van der Waals surface area contributed by atoms with Gasteiger partial charge in [0.1, 0.15) is 0 Å². The molecule has 0 aliphatic heterocycles. The van der Waals surface area contributed by atoms with Crippen LogP contribution in [0.25, 0.3) is 0 Å². The topological polar surface area (TPSA) is 37.3 Å². The van der Waals surface area contributed by atoms with E-state index in [2.05, 4.69) is 0 Å². The first kappa shape index (κ1) is 7.85. The molecule has 3 heteroatoms. The summed E-state index contributed by atoms with van der Waals surface area (Å²) in [5.74, 6) is 0. The molecule has 0 saturated heterocycles. The van der Waals surface area contributed by atoms with E-state index in [-0.39, 0.29) is 0 Å². The first-order valence-electron chi connectivity index (χ1n) is 2.30. The Kier molecular flexibility index (Phi) is 2.94. The number of hydrogen-bond acceptors (Lipinski definition) is 1. The van der Waals surface area contributed by atoms with Crippen molar-refractivity contribution in [3.05, 3.63) is 10.5 Å². The largest absolute Gasteiger partial charge is 0.302 e. The summed E-state index contributed by atoms with van der Waals surface area (Å²) in [6, 6.07) is 0. The highest BCUT2D eigenvalue weighted by Gasteiger charge is 1.95. The summed E-state index contributed by atoms with van der Waals surface area (Å²) in [6.07, 6.45) is 0. The van der Waals surface area contributed by atoms with Crippen LogP contribution in [0.5, 0.6) is 0 Å². The minimum Gasteiger partial charge on any atom is -0.302 e. The Balaban J connectivity index is 4.23. The standard InChI is InChI=1S/C5H10O2S/c1-4(2)5(3)8(6)7/h1-3H3,(H,6,7). The lowest BCUT2D eigenvalue weighted by Crippen LogP contribution is -1.88. The predicted octanol–water partition coefficient (Wildman–Crippen LogP) is 1.52. The fourth-order valence-electron chi connectivity index (χ4n) is 0.175. The average Bonchev–Trinajstić information content (AvgIpc) is 1.64. The van der Waals surface area contributed by atoms with E-state index in [1.165, 1.54) is 0 Å². The van der Waals surface area contributed by atoms with E-state index in [4.69, 9.17) is 4.55 Å². The van der Waals surface area contributed by atoms with Crippen molar-refractivity contribution in [2.45, 2.75) is 20.8 Å². The molecule has 1 atom stereocenters. The van der Waals surface area contributed by atoms with Crippen molar-refractivity contribution in [2.75, 3.05) is 0 Å². The SMILES string of the molecule is CC(C)=C(C)S(=O)O. The molecular weight excluding hydrogens is 124 g/mol. The van der Waals surface area contributed by atoms with Gasteiger partial charge in [-0.15, -0.1) is 0 Å². The quantitative estimate of drug-likeness (QED) is 0.552. The Hall–Kier alpha value is -0.150. The minimum atomic E-state index is -1.76. The van der Waals surface area contributed by atoms with E-state index in [1.54, 1.807) is 6.92 Å². The van der Waals surface area contributed by atoms with Gasteiger partial charge in [-0.1, -0.05) is 5.57 Å². The molecule has 48 valence electrons. The second-order valence-electron chi connectivity index (χ2n) is 1.81. The maximum atomic E-state index is 10.2. The lowest BCUT2D eigenvalue weighted by molar-refractivity contribution is 0.570. The predicted molar refractivity (Wildman–Crippen MR) is 34.8 cm³/mol. The molecule has 0 aliphatic carbocycles. The van der Waals surface area contributed by atoms with Crippen molar-refractivity contribution in [3.63, 3.8) is 0 Å². The van der Waals surface area contributed by atoms with Gasteiger partial charge < -0.3 is 4.55 Å². The molecule has 0 saturated carbocycles. The van der Waals surface area contributed by atoms with Crippen LogP contribution in [0.4, 0.5) is 0 Å². The summed E-state index contributed by atoms with van der Waals surface area (Å²) in [6.45, 7) is 5.26. The highest BCUT2D eigenvalue weighted by Crippen LogP contribution is 2.03. The summed E-state index contributed by atoms with van der Waals surface area (Å²) in [5.41, 5.74) is 0.908. The van der Waals surface area contributed by atoms with Crippen LogP contribution < -0.4 is 0 Å². The van der Waals surface area contributed by atoms with Crippen LogP contribution in [-0.2, 0) is 11.1 Å². The molecule has 0 rings (SSSR count). The van der Waals surface area contributed by atoms with Crippen LogP contribution in [0.2, 0.25) is 0 Å². The Bertz CT molecular complexity index is 133. The van der Waals surface area contributed by atoms with Crippen LogP contribution in [0.15, 0.2) is 10.5 Å². The van der Waals surface area contributed by atoms with E-state index in [9.17, 15) is 4.21 Å². The normalized spacial score (nSPS) is 13.0. The summed E-state index contributed by atoms with van der Waals surface area (Å²) in [4.78, 5) is 0.546. The zero-order valence-corrected chi connectivity index (χ0v) is 6.08. The maximum absolute atomic E-state index is 10.2. The highest BCUT2D eigenvalue weighted by molar-refractivity contribution is 7.83. The van der Waals surface area contributed by atoms with Gasteiger partial charge >= 0.3 is 0 Å². The van der Waals surface area contributed by atoms with Crippen LogP contribution in [0, 0.1) is 0 Å². The third kappa shape index (κ3) is 2.23. The molecule has 2 nitrogen and oxygen atoms in total. The molecule has 0 spiro atoms. The molecule has 0 aliphatic rings. The number of rotatable bonds is 1. The number of hydrogen-bond donors (Lipinski definition) is 1. The first-order valence-corrected chi connectivity index (χ1v) is 3.41. The molecule has 0 bridgehead atoms. The van der Waals surface area contributed by atoms with Gasteiger partial charge in [0.15, 0.2) is 11.1 Å². The Morgan fingerprint density at radius 3 is 1.75 bits per heavy atom. The van der Waals surface area contributed by atoms with Gasteiger partial charge in [-0.2, -0.15) is 0 Å². The molecule has 0 heterocycles. The molecule has 1 unspecified atom stereocenters. The van der Waals surface area contributed by atoms with Crippen LogP contribution in [-0.4, -0.2) is 8.76 Å². The van der Waals surface area contributed by atoms with Crippen molar-refractivity contribution in [1.29, 1.82) is 0 Å². The maximum Gasteiger partial charge on any atom is 0.181 e. The Labute approximate surface area is 51.9 Å². The van der Waals surface area contributed by atoms with Crippen molar-refractivity contribution in [3.8, 4) is 0 Å². The number of allylic oxidation sites excluding steroid dienone is 2. The first-order chi connectivity index (χ1) is 3.55. The molecule has 0 radical (unpaired) electrons. The lowest BCUT2D eigenvalue weighted by Gasteiger charge is -1.93. The average molecular weight is 134 g/mol. The monoisotopic (exact) mass is 134 g/mol. The molecule has 0 aromatic heterocycles. The van der Waals surface area contributed by atoms with Crippen molar-refractivity contribution >= 4 is 11.1 Å². The second kappa shape index (κ2) is 2.99. The van der Waals surface area contributed by atoms with E-state index in [1.807, 2.05) is 13.8 Å². The molecule has 0 aromatic rings. The van der Waals surface area contributed by atoms with Gasteiger partial charge in [0.05, 0.1) is 0 Å². The summed E-state index contributed by atoms with van der Waals surface area (Å²) < 4.78 is 18.6. The van der Waals surface area contributed by atoms with Crippen LogP contribution in [0.1, 0.15) is 20.8 Å². The van der Waals surface area contributed by atoms with Crippen molar-refractivity contribution in [1.82, 2.24) is 0 Å². The van der Waals surface area contributed by atoms with Crippen LogP contribution >= 0.6 is 0 Å². The molecular formula is C5H10O2S. The minimum absolute atomic E-state index is 0.546. The van der Waals surface area contributed by atoms with Gasteiger partial charge in [0, 0.05) is 4.91 Å². The molecule has 8 heavy (non-hydrogen) atoms. The molecule has 1 N–H and O–H groups in total. The van der Waals surface area contributed by atoms with Gasteiger partial charge in [-0.05, 0) is 20.8 Å². The van der Waals surface area contributed by atoms with Crippen molar-refractivity contribution < 1.29 is 8.76 Å². The Morgan fingerprint density at radius 2 is 1.75 bits per heavy atom. The van der Waals surface area contributed by atoms with E-state index in [0.29, 0.717) is 4.91 Å². The zero-order valence-electron chi connectivity index (χ0n) is 5.26. The van der Waals surface area contributed by atoms with Gasteiger partial charge in [-0.3, -0.25) is 0 Å². The van der Waals surface area contributed by atoms with Gasteiger partial charge in [0.2, 0.25) is 0 Å². The van der Waals surface area contributed by atoms with Gasteiger partial charge in [-0.25, -0.2) is 4.21 Å². The fourth-order valence-corrected chi connectivity index (χ4v) is 0.524. The molecule has 0 amide bonds. The Morgan fingerprint density at radius 1 is 1.38 bits per heavy atom. The van der Waals surface area contributed by atoms with E-state index >= 15 is 0 Å². The van der Waals surface area contributed by atoms with E-state index in [0.717, 1.165) is 5.57 Å². The second-order valence-corrected chi connectivity index (χ2v) is 2.92. The summed E-state index contributed by atoms with van der Waals surface area (Å²) in [7, 11) is 0. The van der Waals surface area contributed by atoms with E-state index < -0.39 is 11.1 Å². The fraction of sp³-hybridized carbons (Fsp3) is 0.600. The molecule has 0 aromatic carbocycles. The third-order valence-electron chi connectivity index (χ3n) is 0.966. The zero-order chi connectivity index (χ0) is 6.73. The third-order valence-corrected chi connectivity index (χ3v) is 1.90. The summed E-state index contributed by atoms with van der Waals surface area (Å²) >= 11 is -1.76. The molecule has 0 fully saturated rings. The van der Waals surface area contributed by atoms with Crippen LogP contribution in [0.3, 0.4) is 0 Å². The highest BCUT2D eigenvalue weighted by atomic mass is 32.2. The summed E-state index contributed by atoms with van der Waals surface area (Å²) in [5, 5.41) is 0. The smallest absolute Gasteiger partial charge is 0.181 e. The lowest BCUT2D eigenvalue weighted by atomic mass is 10.3.